The first-order valence-corrected chi connectivity index (χ1v) is 21.2. The second kappa shape index (κ2) is 10.9. The molecular weight excluding hydrogens is 595 g/mol. The Morgan fingerprint density at radius 3 is 2.12 bits per heavy atom. The Morgan fingerprint density at radius 1 is 1.07 bits per heavy atom. The van der Waals surface area contributed by atoms with Gasteiger partial charge in [-0.25, -0.2) is 8.98 Å². The van der Waals surface area contributed by atoms with E-state index in [1.165, 1.54) is 24.7 Å². The van der Waals surface area contributed by atoms with Crippen molar-refractivity contribution in [2.45, 2.75) is 116 Å². The minimum atomic E-state index is -4.42. The van der Waals surface area contributed by atoms with E-state index in [1.807, 2.05) is 33.9 Å². The van der Waals surface area contributed by atoms with Crippen molar-refractivity contribution in [3.8, 4) is 11.8 Å². The summed E-state index contributed by atoms with van der Waals surface area (Å²) in [6, 6.07) is 0. The maximum absolute atomic E-state index is 13.5. The summed E-state index contributed by atoms with van der Waals surface area (Å²) in [5.41, 5.74) is 3.86. The summed E-state index contributed by atoms with van der Waals surface area (Å²) in [5, 5.41) is -0.481. The highest BCUT2D eigenvalue weighted by molar-refractivity contribution is 7.91. The lowest BCUT2D eigenvalue weighted by Crippen LogP contribution is -2.59. The Balaban J connectivity index is 2.39. The fraction of sp³-hybridized carbons (Fsp3) is 0.714. The van der Waals surface area contributed by atoms with Crippen LogP contribution in [0.15, 0.2) is 26.4 Å². The van der Waals surface area contributed by atoms with E-state index in [9.17, 15) is 18.0 Å². The lowest BCUT2D eigenvalue weighted by Gasteiger charge is -2.43. The largest absolute Gasteiger partial charge is 0.414 e. The predicted octanol–water partition coefficient (Wildman–Crippen LogP) is 3.46. The highest BCUT2D eigenvalue weighted by Gasteiger charge is 2.69. The van der Waals surface area contributed by atoms with Crippen LogP contribution in [0, 0.1) is 18.8 Å². The van der Waals surface area contributed by atoms with Gasteiger partial charge in [0.1, 0.15) is 12.2 Å². The normalized spacial score (nSPS) is 26.5. The van der Waals surface area contributed by atoms with Gasteiger partial charge in [0, 0.05) is 18.8 Å². The molecule has 11 nitrogen and oxygen atoms in total. The number of hydrogen-bond acceptors (Lipinski definition) is 9. The van der Waals surface area contributed by atoms with Crippen molar-refractivity contribution in [3.63, 3.8) is 0 Å². The van der Waals surface area contributed by atoms with Crippen molar-refractivity contribution in [2.24, 2.45) is 12.8 Å². The van der Waals surface area contributed by atoms with Crippen molar-refractivity contribution < 1.29 is 26.2 Å². The summed E-state index contributed by atoms with van der Waals surface area (Å²) in [6.07, 6.45) is -2.10. The van der Waals surface area contributed by atoms with Crippen LogP contribution in [0.3, 0.4) is 0 Å². The van der Waals surface area contributed by atoms with Gasteiger partial charge >= 0.3 is 15.8 Å². The molecule has 1 spiro atoms. The maximum atomic E-state index is 13.5. The van der Waals surface area contributed by atoms with Crippen LogP contribution >= 0.6 is 0 Å². The molecule has 42 heavy (non-hydrogen) atoms. The number of allylic oxidation sites excluding steroid dienone is 1. The Labute approximate surface area is 251 Å². The summed E-state index contributed by atoms with van der Waals surface area (Å²) >= 11 is 0. The molecule has 2 unspecified atom stereocenters. The molecule has 1 fully saturated rings. The van der Waals surface area contributed by atoms with Crippen LogP contribution in [0.1, 0.15) is 60.3 Å². The van der Waals surface area contributed by atoms with Crippen LogP contribution in [0.5, 0.6) is 0 Å². The Hall–Kier alpha value is -2.00. The summed E-state index contributed by atoms with van der Waals surface area (Å²) in [7, 11) is -8.14. The van der Waals surface area contributed by atoms with E-state index in [-0.39, 0.29) is 27.3 Å². The first-order chi connectivity index (χ1) is 18.9. The molecule has 14 heteroatoms. The third-order valence-electron chi connectivity index (χ3n) is 9.25. The van der Waals surface area contributed by atoms with Gasteiger partial charge in [0.2, 0.25) is 0 Å². The van der Waals surface area contributed by atoms with Crippen molar-refractivity contribution >= 4 is 26.8 Å². The standard InChI is InChI=1S/C28H47N3O8SSi2/c1-14-15-19-21(29)28(39-40(19,34)35)20(17-36-41(10,11)26(3,4)5)37-24(22(28)38-42(12,13)27(6,7)8)31-16-18(2)23(32)30(9)25(31)33/h16,20,22,24H,17,29H2,1-13H3/t20?,22-,24+,28?/m0/s1. The third kappa shape index (κ3) is 5.65. The average molecular weight is 642 g/mol. The molecule has 2 aliphatic rings. The summed E-state index contributed by atoms with van der Waals surface area (Å²) in [5.74, 6) is 5.22. The van der Waals surface area contributed by atoms with E-state index in [0.29, 0.717) is 5.56 Å². The molecule has 0 aromatic carbocycles. The van der Waals surface area contributed by atoms with E-state index in [2.05, 4.69) is 45.7 Å². The smallest absolute Gasteiger partial charge is 0.332 e. The number of ether oxygens (including phenoxy) is 1. The van der Waals surface area contributed by atoms with Gasteiger partial charge in [0.25, 0.3) is 5.56 Å². The van der Waals surface area contributed by atoms with Gasteiger partial charge in [0.05, 0.1) is 12.3 Å². The van der Waals surface area contributed by atoms with Gasteiger partial charge in [-0.05, 0) is 50.1 Å². The van der Waals surface area contributed by atoms with Gasteiger partial charge in [-0.2, -0.15) is 8.42 Å². The van der Waals surface area contributed by atoms with E-state index in [0.717, 1.165) is 4.57 Å². The molecule has 0 amide bonds. The number of aryl methyl sites for hydroxylation is 1. The molecule has 2 aliphatic heterocycles. The molecule has 0 bridgehead atoms. The molecular formula is C28H47N3O8SSi2. The molecule has 2 N–H and O–H groups in total. The van der Waals surface area contributed by atoms with Crippen molar-refractivity contribution in [3.05, 3.63) is 43.2 Å². The topological polar surface area (TPSA) is 141 Å². The van der Waals surface area contributed by atoms with Crippen LogP contribution in [0.4, 0.5) is 0 Å². The summed E-state index contributed by atoms with van der Waals surface area (Å²) < 4.78 is 55.2. The van der Waals surface area contributed by atoms with Gasteiger partial charge in [-0.15, -0.1) is 5.92 Å². The lowest BCUT2D eigenvalue weighted by molar-refractivity contribution is -0.0566. The average Bonchev–Trinajstić information content (AvgIpc) is 3.23. The zero-order chi connectivity index (χ0) is 32.4. The van der Waals surface area contributed by atoms with Crippen molar-refractivity contribution in [1.82, 2.24) is 9.13 Å². The number of hydrogen-bond donors (Lipinski definition) is 1. The van der Waals surface area contributed by atoms with E-state index < -0.39 is 62.0 Å². The van der Waals surface area contributed by atoms with Crippen molar-refractivity contribution in [1.29, 1.82) is 0 Å². The fourth-order valence-electron chi connectivity index (χ4n) is 4.53. The van der Waals surface area contributed by atoms with Crippen molar-refractivity contribution in [2.75, 3.05) is 6.61 Å². The van der Waals surface area contributed by atoms with Crippen LogP contribution in [-0.4, -0.2) is 58.6 Å². The van der Waals surface area contributed by atoms with Crippen LogP contribution in [-0.2, 0) is 34.9 Å². The Bertz CT molecular complexity index is 1570. The molecule has 236 valence electrons. The van der Waals surface area contributed by atoms with E-state index in [4.69, 9.17) is 23.5 Å². The molecule has 1 saturated heterocycles. The lowest BCUT2D eigenvalue weighted by atomic mass is 9.88. The monoisotopic (exact) mass is 641 g/mol. The highest BCUT2D eigenvalue weighted by Crippen LogP contribution is 2.53. The molecule has 0 aliphatic carbocycles. The minimum absolute atomic E-state index is 0.0765. The molecule has 0 saturated carbocycles. The number of nitrogens with two attached hydrogens (primary N) is 1. The first-order valence-electron chi connectivity index (χ1n) is 14.0. The fourth-order valence-corrected chi connectivity index (χ4v) is 8.20. The minimum Gasteiger partial charge on any atom is -0.414 e. The SMILES string of the molecule is CC#CC1=C(N)C2(OS1(=O)=O)C(CO[Si](C)(C)C(C)(C)C)O[C@@H](n1cc(C)c(=O)n(C)c1=O)[C@@H]2O[Si](C)(C)C(C)(C)C. The van der Waals surface area contributed by atoms with Gasteiger partial charge in [0.15, 0.2) is 33.4 Å². The molecule has 1 aromatic heterocycles. The highest BCUT2D eigenvalue weighted by atomic mass is 32.2. The molecule has 1 aromatic rings. The molecule has 3 rings (SSSR count). The Morgan fingerprint density at radius 2 is 1.62 bits per heavy atom. The maximum Gasteiger partial charge on any atom is 0.332 e. The van der Waals surface area contributed by atoms with Crippen LogP contribution in [0.25, 0.3) is 0 Å². The number of nitrogens with zero attached hydrogens (tertiary/aromatic N) is 2. The molecule has 0 radical (unpaired) electrons. The summed E-state index contributed by atoms with van der Waals surface area (Å²) in [6.45, 7) is 23.5. The van der Waals surface area contributed by atoms with Crippen LogP contribution < -0.4 is 17.0 Å². The molecule has 3 heterocycles. The van der Waals surface area contributed by atoms with Crippen LogP contribution in [0.2, 0.25) is 36.3 Å². The number of rotatable bonds is 6. The summed E-state index contributed by atoms with van der Waals surface area (Å²) in [4.78, 5) is 25.8. The number of aromatic nitrogens is 2. The molecule has 4 atom stereocenters. The van der Waals surface area contributed by atoms with E-state index in [1.54, 1.807) is 6.92 Å². The predicted molar refractivity (Wildman–Crippen MR) is 167 cm³/mol. The second-order valence-corrected chi connectivity index (χ2v) is 25.2. The van der Waals surface area contributed by atoms with E-state index >= 15 is 0 Å². The second-order valence-electron chi connectivity index (χ2n) is 14.2. The van der Waals surface area contributed by atoms with Gasteiger partial charge in [-0.3, -0.25) is 13.9 Å². The first kappa shape index (κ1) is 34.5. The zero-order valence-corrected chi connectivity index (χ0v) is 30.0. The Kier molecular flexibility index (Phi) is 8.92. The third-order valence-corrected chi connectivity index (χ3v) is 19.5. The quantitative estimate of drug-likeness (QED) is 0.281. The van der Waals surface area contributed by atoms with Gasteiger partial charge in [-0.1, -0.05) is 47.5 Å². The van der Waals surface area contributed by atoms with Gasteiger partial charge < -0.3 is 19.3 Å². The zero-order valence-electron chi connectivity index (χ0n) is 27.2.